The number of benzene rings is 1. The second-order valence-corrected chi connectivity index (χ2v) is 5.42. The van der Waals surface area contributed by atoms with Crippen LogP contribution in [0.15, 0.2) is 12.1 Å². The molecule has 1 fully saturated rings. The molecule has 0 aliphatic carbocycles. The van der Waals surface area contributed by atoms with Gasteiger partial charge in [0.25, 0.3) is 0 Å². The maximum Gasteiger partial charge on any atom is 0.221 e. The van der Waals surface area contributed by atoms with Crippen LogP contribution in [0.25, 0.3) is 0 Å². The molecule has 1 heterocycles. The van der Waals surface area contributed by atoms with Crippen LogP contribution in [0.3, 0.4) is 0 Å². The Morgan fingerprint density at radius 3 is 3.00 bits per heavy atom. The van der Waals surface area contributed by atoms with Crippen LogP contribution in [0.1, 0.15) is 25.3 Å². The summed E-state index contributed by atoms with van der Waals surface area (Å²) in [5.74, 6) is 0.347. The van der Waals surface area contributed by atoms with Gasteiger partial charge in [-0.25, -0.2) is 0 Å². The van der Waals surface area contributed by atoms with Crippen molar-refractivity contribution in [2.24, 2.45) is 5.92 Å². The third-order valence-electron chi connectivity index (χ3n) is 3.43. The minimum absolute atomic E-state index is 0.0679. The van der Waals surface area contributed by atoms with Gasteiger partial charge < -0.3 is 15.7 Å². The van der Waals surface area contributed by atoms with E-state index in [2.05, 4.69) is 10.6 Å². The Morgan fingerprint density at radius 1 is 1.58 bits per heavy atom. The van der Waals surface area contributed by atoms with Crippen molar-refractivity contribution in [3.05, 3.63) is 22.7 Å². The smallest absolute Gasteiger partial charge is 0.221 e. The SMILES string of the molecule is CC(=O)Nc1c(O)ccc(Cl)c1CC1CCCNC1. The van der Waals surface area contributed by atoms with Gasteiger partial charge in [-0.1, -0.05) is 11.6 Å². The number of piperidine rings is 1. The first kappa shape index (κ1) is 14.2. The number of nitrogens with one attached hydrogen (secondary N) is 2. The van der Waals surface area contributed by atoms with Gasteiger partial charge in [0.2, 0.25) is 5.91 Å². The fourth-order valence-electron chi connectivity index (χ4n) is 2.51. The summed E-state index contributed by atoms with van der Waals surface area (Å²) in [6.07, 6.45) is 3.05. The summed E-state index contributed by atoms with van der Waals surface area (Å²) in [6, 6.07) is 3.18. The Kier molecular flexibility index (Phi) is 4.66. The molecule has 1 aromatic carbocycles. The summed E-state index contributed by atoms with van der Waals surface area (Å²) < 4.78 is 0. The highest BCUT2D eigenvalue weighted by Crippen LogP contribution is 2.35. The largest absolute Gasteiger partial charge is 0.506 e. The number of anilines is 1. The number of carbonyl (C=O) groups is 1. The topological polar surface area (TPSA) is 61.4 Å². The van der Waals surface area contributed by atoms with Crippen LogP contribution in [0, 0.1) is 5.92 Å². The predicted octanol–water partition coefficient (Wildman–Crippen LogP) is 2.55. The van der Waals surface area contributed by atoms with Gasteiger partial charge in [0.15, 0.2) is 0 Å². The lowest BCUT2D eigenvalue weighted by Gasteiger charge is -2.24. The first-order valence-electron chi connectivity index (χ1n) is 6.56. The lowest BCUT2D eigenvalue weighted by atomic mass is 9.91. The molecule has 5 heteroatoms. The minimum atomic E-state index is -0.208. The zero-order valence-corrected chi connectivity index (χ0v) is 11.8. The first-order chi connectivity index (χ1) is 9.08. The van der Waals surface area contributed by atoms with E-state index < -0.39 is 0 Å². The highest BCUT2D eigenvalue weighted by atomic mass is 35.5. The Bertz CT molecular complexity index is 471. The fraction of sp³-hybridized carbons (Fsp3) is 0.500. The summed E-state index contributed by atoms with van der Waals surface area (Å²) >= 11 is 6.22. The molecule has 1 unspecified atom stereocenters. The van der Waals surface area contributed by atoms with E-state index in [1.807, 2.05) is 0 Å². The van der Waals surface area contributed by atoms with Crippen molar-refractivity contribution in [3.8, 4) is 5.75 Å². The number of phenols is 1. The number of phenolic OH excluding ortho intramolecular Hbond substituents is 1. The van der Waals surface area contributed by atoms with Gasteiger partial charge in [-0.3, -0.25) is 4.79 Å². The quantitative estimate of drug-likeness (QED) is 0.747. The molecule has 1 atom stereocenters. The lowest BCUT2D eigenvalue weighted by Crippen LogP contribution is -2.31. The van der Waals surface area contributed by atoms with E-state index in [9.17, 15) is 9.90 Å². The molecule has 1 amide bonds. The molecule has 1 saturated heterocycles. The van der Waals surface area contributed by atoms with Crippen LogP contribution in [-0.4, -0.2) is 24.1 Å². The van der Waals surface area contributed by atoms with Gasteiger partial charge >= 0.3 is 0 Å². The van der Waals surface area contributed by atoms with Crippen LogP contribution < -0.4 is 10.6 Å². The van der Waals surface area contributed by atoms with E-state index in [1.165, 1.54) is 13.0 Å². The van der Waals surface area contributed by atoms with Crippen LogP contribution in [-0.2, 0) is 11.2 Å². The molecule has 2 rings (SSSR count). The maximum atomic E-state index is 11.2. The molecular weight excluding hydrogens is 264 g/mol. The van der Waals surface area contributed by atoms with E-state index in [1.54, 1.807) is 6.07 Å². The van der Waals surface area contributed by atoms with Crippen LogP contribution >= 0.6 is 11.6 Å². The summed E-state index contributed by atoms with van der Waals surface area (Å²) in [6.45, 7) is 3.43. The van der Waals surface area contributed by atoms with E-state index in [4.69, 9.17) is 11.6 Å². The van der Waals surface area contributed by atoms with Crippen LogP contribution in [0.5, 0.6) is 5.75 Å². The minimum Gasteiger partial charge on any atom is -0.506 e. The van der Waals surface area contributed by atoms with Crippen molar-refractivity contribution >= 4 is 23.2 Å². The van der Waals surface area contributed by atoms with Crippen molar-refractivity contribution < 1.29 is 9.90 Å². The molecule has 0 aromatic heterocycles. The van der Waals surface area contributed by atoms with Gasteiger partial charge in [0.1, 0.15) is 5.75 Å². The molecular formula is C14H19ClN2O2. The molecule has 104 valence electrons. The standard InChI is InChI=1S/C14H19ClN2O2/c1-9(18)17-14-11(12(15)4-5-13(14)19)7-10-3-2-6-16-8-10/h4-5,10,16,19H,2-3,6-8H2,1H3,(H,17,18). The third-order valence-corrected chi connectivity index (χ3v) is 3.78. The molecule has 19 heavy (non-hydrogen) atoms. The highest BCUT2D eigenvalue weighted by molar-refractivity contribution is 6.32. The zero-order chi connectivity index (χ0) is 13.8. The molecule has 0 spiro atoms. The van der Waals surface area contributed by atoms with Crippen LogP contribution in [0.4, 0.5) is 5.69 Å². The van der Waals surface area contributed by atoms with E-state index in [0.29, 0.717) is 16.6 Å². The summed E-state index contributed by atoms with van der Waals surface area (Å²) in [5.41, 5.74) is 1.27. The average Bonchev–Trinajstić information content (AvgIpc) is 2.39. The van der Waals surface area contributed by atoms with Gasteiger partial charge in [-0.2, -0.15) is 0 Å². The van der Waals surface area contributed by atoms with Gasteiger partial charge in [-0.05, 0) is 56.0 Å². The van der Waals surface area contributed by atoms with Crippen molar-refractivity contribution in [2.75, 3.05) is 18.4 Å². The first-order valence-corrected chi connectivity index (χ1v) is 6.94. The van der Waals surface area contributed by atoms with Crippen molar-refractivity contribution in [2.45, 2.75) is 26.2 Å². The second-order valence-electron chi connectivity index (χ2n) is 5.02. The average molecular weight is 283 g/mol. The Balaban J connectivity index is 2.25. The van der Waals surface area contributed by atoms with Crippen molar-refractivity contribution in [1.82, 2.24) is 5.32 Å². The van der Waals surface area contributed by atoms with Crippen molar-refractivity contribution in [3.63, 3.8) is 0 Å². The van der Waals surface area contributed by atoms with E-state index in [-0.39, 0.29) is 11.7 Å². The fourth-order valence-corrected chi connectivity index (χ4v) is 2.75. The number of carbonyl (C=O) groups excluding carboxylic acids is 1. The monoisotopic (exact) mass is 282 g/mol. The van der Waals surface area contributed by atoms with Gasteiger partial charge in [-0.15, -0.1) is 0 Å². The number of hydrogen-bond donors (Lipinski definition) is 3. The van der Waals surface area contributed by atoms with Gasteiger partial charge in [0, 0.05) is 11.9 Å². The summed E-state index contributed by atoms with van der Waals surface area (Å²) in [5, 5.41) is 16.5. The molecule has 1 aromatic rings. The molecule has 0 saturated carbocycles. The van der Waals surface area contributed by atoms with Crippen molar-refractivity contribution in [1.29, 1.82) is 0 Å². The molecule has 1 aliphatic heterocycles. The number of halogens is 1. The Hall–Kier alpha value is -1.26. The lowest BCUT2D eigenvalue weighted by molar-refractivity contribution is -0.114. The number of hydrogen-bond acceptors (Lipinski definition) is 3. The molecule has 0 bridgehead atoms. The van der Waals surface area contributed by atoms with Gasteiger partial charge in [0.05, 0.1) is 5.69 Å². The number of amides is 1. The number of rotatable bonds is 3. The maximum absolute atomic E-state index is 11.2. The van der Waals surface area contributed by atoms with E-state index in [0.717, 1.165) is 37.9 Å². The molecule has 3 N–H and O–H groups in total. The highest BCUT2D eigenvalue weighted by Gasteiger charge is 2.19. The third kappa shape index (κ3) is 3.61. The second kappa shape index (κ2) is 6.26. The normalized spacial score (nSPS) is 19.2. The summed E-state index contributed by atoms with van der Waals surface area (Å²) in [4.78, 5) is 11.2. The van der Waals surface area contributed by atoms with E-state index >= 15 is 0 Å². The Labute approximate surface area is 118 Å². The predicted molar refractivity (Wildman–Crippen MR) is 76.7 cm³/mol. The molecule has 4 nitrogen and oxygen atoms in total. The number of aromatic hydroxyl groups is 1. The Morgan fingerprint density at radius 2 is 2.37 bits per heavy atom. The summed E-state index contributed by atoms with van der Waals surface area (Å²) in [7, 11) is 0. The zero-order valence-electron chi connectivity index (χ0n) is 11.0. The molecule has 0 radical (unpaired) electrons. The molecule has 1 aliphatic rings. The van der Waals surface area contributed by atoms with Crippen LogP contribution in [0.2, 0.25) is 5.02 Å².